The van der Waals surface area contributed by atoms with Gasteiger partial charge in [-0.1, -0.05) is 13.8 Å². The molecule has 0 spiro atoms. The van der Waals surface area contributed by atoms with Crippen molar-refractivity contribution in [1.82, 2.24) is 10.2 Å². The number of carboxylic acid groups (broad SMARTS) is 1. The summed E-state index contributed by atoms with van der Waals surface area (Å²) in [6.45, 7) is 13.7. The van der Waals surface area contributed by atoms with Crippen molar-refractivity contribution >= 4 is 5.97 Å². The second-order valence-corrected chi connectivity index (χ2v) is 6.73. The molecule has 126 valence electrons. The largest absolute Gasteiger partial charge is 0.480 e. The molecule has 0 radical (unpaired) electrons. The monoisotopic (exact) mass is 302 g/mol. The third kappa shape index (κ3) is 9.06. The van der Waals surface area contributed by atoms with E-state index in [2.05, 4.69) is 24.1 Å². The van der Waals surface area contributed by atoms with Gasteiger partial charge in [-0.3, -0.25) is 10.1 Å². The molecule has 0 aromatic rings. The van der Waals surface area contributed by atoms with E-state index in [0.717, 1.165) is 26.1 Å². The summed E-state index contributed by atoms with van der Waals surface area (Å²) in [6, 6.07) is 0.159. The zero-order valence-electron chi connectivity index (χ0n) is 14.6. The van der Waals surface area contributed by atoms with Crippen LogP contribution in [-0.2, 0) is 9.53 Å². The van der Waals surface area contributed by atoms with Crippen LogP contribution in [0.4, 0.5) is 0 Å². The summed E-state index contributed by atoms with van der Waals surface area (Å²) in [5, 5.41) is 12.6. The predicted molar refractivity (Wildman–Crippen MR) is 86.7 cm³/mol. The average molecular weight is 302 g/mol. The van der Waals surface area contributed by atoms with Gasteiger partial charge in [0.05, 0.1) is 6.61 Å². The SMILES string of the molecule is COCCN(CCCC(C)(NC(C)C)C(=O)O)CC(C)C. The van der Waals surface area contributed by atoms with Crippen LogP contribution >= 0.6 is 0 Å². The summed E-state index contributed by atoms with van der Waals surface area (Å²) in [5.74, 6) is -0.176. The zero-order chi connectivity index (χ0) is 16.5. The number of aliphatic carboxylic acids is 1. The quantitative estimate of drug-likeness (QED) is 0.579. The number of carboxylic acids is 1. The molecule has 0 saturated carbocycles. The lowest BCUT2D eigenvalue weighted by Crippen LogP contribution is -2.52. The highest BCUT2D eigenvalue weighted by Gasteiger charge is 2.32. The molecule has 5 nitrogen and oxygen atoms in total. The van der Waals surface area contributed by atoms with Crippen LogP contribution in [0.1, 0.15) is 47.5 Å². The lowest BCUT2D eigenvalue weighted by Gasteiger charge is -2.30. The number of hydrogen-bond donors (Lipinski definition) is 2. The molecule has 5 heteroatoms. The Hall–Kier alpha value is -0.650. The number of nitrogens with zero attached hydrogens (tertiary/aromatic N) is 1. The molecule has 0 aliphatic carbocycles. The van der Waals surface area contributed by atoms with Crippen LogP contribution < -0.4 is 5.32 Å². The van der Waals surface area contributed by atoms with Crippen LogP contribution in [0.15, 0.2) is 0 Å². The van der Waals surface area contributed by atoms with Crippen molar-refractivity contribution in [3.05, 3.63) is 0 Å². The van der Waals surface area contributed by atoms with Gasteiger partial charge in [-0.25, -0.2) is 0 Å². The van der Waals surface area contributed by atoms with Gasteiger partial charge in [0, 0.05) is 26.2 Å². The van der Waals surface area contributed by atoms with E-state index >= 15 is 0 Å². The van der Waals surface area contributed by atoms with Crippen molar-refractivity contribution < 1.29 is 14.6 Å². The third-order valence-corrected chi connectivity index (χ3v) is 3.47. The van der Waals surface area contributed by atoms with Gasteiger partial charge in [0.25, 0.3) is 0 Å². The second kappa shape index (κ2) is 10.1. The maximum Gasteiger partial charge on any atom is 0.323 e. The fourth-order valence-electron chi connectivity index (χ4n) is 2.57. The summed E-state index contributed by atoms with van der Waals surface area (Å²) in [4.78, 5) is 13.8. The molecule has 2 N–H and O–H groups in total. The molecule has 0 aliphatic heterocycles. The Bertz CT molecular complexity index is 295. The third-order valence-electron chi connectivity index (χ3n) is 3.47. The number of carbonyl (C=O) groups is 1. The Balaban J connectivity index is 4.39. The molecule has 0 heterocycles. The fraction of sp³-hybridized carbons (Fsp3) is 0.938. The highest BCUT2D eigenvalue weighted by molar-refractivity contribution is 5.78. The molecular weight excluding hydrogens is 268 g/mol. The van der Waals surface area contributed by atoms with E-state index in [1.165, 1.54) is 0 Å². The number of nitrogens with one attached hydrogen (secondary N) is 1. The van der Waals surface area contributed by atoms with Crippen molar-refractivity contribution in [2.75, 3.05) is 33.4 Å². The summed E-state index contributed by atoms with van der Waals surface area (Å²) in [5.41, 5.74) is -0.848. The molecule has 0 saturated heterocycles. The molecule has 0 bridgehead atoms. The number of hydrogen-bond acceptors (Lipinski definition) is 4. The summed E-state index contributed by atoms with van der Waals surface area (Å²) in [7, 11) is 1.71. The molecule has 0 aromatic heterocycles. The van der Waals surface area contributed by atoms with Crippen molar-refractivity contribution in [3.8, 4) is 0 Å². The summed E-state index contributed by atoms with van der Waals surface area (Å²) in [6.07, 6.45) is 1.49. The highest BCUT2D eigenvalue weighted by Crippen LogP contribution is 2.15. The number of rotatable bonds is 12. The van der Waals surface area contributed by atoms with Gasteiger partial charge in [-0.15, -0.1) is 0 Å². The topological polar surface area (TPSA) is 61.8 Å². The smallest absolute Gasteiger partial charge is 0.323 e. The fourth-order valence-corrected chi connectivity index (χ4v) is 2.57. The van der Waals surface area contributed by atoms with Crippen LogP contribution in [0.5, 0.6) is 0 Å². The normalized spacial score (nSPS) is 14.9. The van der Waals surface area contributed by atoms with E-state index in [4.69, 9.17) is 4.74 Å². The van der Waals surface area contributed by atoms with Gasteiger partial charge in [0.15, 0.2) is 0 Å². The van der Waals surface area contributed by atoms with Crippen LogP contribution in [0.25, 0.3) is 0 Å². The van der Waals surface area contributed by atoms with Gasteiger partial charge in [-0.05, 0) is 46.1 Å². The molecule has 0 rings (SSSR count). The van der Waals surface area contributed by atoms with Crippen LogP contribution in [0.2, 0.25) is 0 Å². The lowest BCUT2D eigenvalue weighted by molar-refractivity contribution is -0.144. The van der Waals surface area contributed by atoms with Gasteiger partial charge in [0.1, 0.15) is 5.54 Å². The van der Waals surface area contributed by atoms with Crippen molar-refractivity contribution in [1.29, 1.82) is 0 Å². The first-order chi connectivity index (χ1) is 9.71. The minimum Gasteiger partial charge on any atom is -0.480 e. The molecular formula is C16H34N2O3. The molecule has 21 heavy (non-hydrogen) atoms. The van der Waals surface area contributed by atoms with Crippen molar-refractivity contribution in [2.24, 2.45) is 5.92 Å². The van der Waals surface area contributed by atoms with Crippen LogP contribution in [0, 0.1) is 5.92 Å². The first-order valence-corrected chi connectivity index (χ1v) is 7.93. The van der Waals surface area contributed by atoms with E-state index in [9.17, 15) is 9.90 Å². The van der Waals surface area contributed by atoms with Gasteiger partial charge in [0.2, 0.25) is 0 Å². The molecule has 0 aliphatic rings. The first kappa shape index (κ1) is 20.3. The standard InChI is InChI=1S/C16H34N2O3/c1-13(2)12-18(10-11-21-6)9-7-8-16(5,15(19)20)17-14(3)4/h13-14,17H,7-12H2,1-6H3,(H,19,20). The van der Waals surface area contributed by atoms with Crippen LogP contribution in [-0.4, -0.2) is 60.9 Å². The number of methoxy groups -OCH3 is 1. The Morgan fingerprint density at radius 2 is 1.90 bits per heavy atom. The van der Waals surface area contributed by atoms with E-state index in [1.54, 1.807) is 14.0 Å². The number of ether oxygens (including phenoxy) is 1. The van der Waals surface area contributed by atoms with Gasteiger partial charge < -0.3 is 14.7 Å². The molecule has 1 atom stereocenters. The van der Waals surface area contributed by atoms with E-state index in [1.807, 2.05) is 13.8 Å². The lowest BCUT2D eigenvalue weighted by atomic mass is 9.94. The molecule has 0 fully saturated rings. The molecule has 1 unspecified atom stereocenters. The Labute approximate surface area is 130 Å². The maximum atomic E-state index is 11.5. The van der Waals surface area contributed by atoms with Crippen molar-refractivity contribution in [2.45, 2.75) is 59.0 Å². The van der Waals surface area contributed by atoms with Gasteiger partial charge in [-0.2, -0.15) is 0 Å². The Kier molecular flexibility index (Phi) is 9.83. The van der Waals surface area contributed by atoms with E-state index in [0.29, 0.717) is 18.9 Å². The van der Waals surface area contributed by atoms with Crippen molar-refractivity contribution in [3.63, 3.8) is 0 Å². The average Bonchev–Trinajstić information content (AvgIpc) is 2.33. The maximum absolute atomic E-state index is 11.5. The zero-order valence-corrected chi connectivity index (χ0v) is 14.6. The minimum absolute atomic E-state index is 0.159. The summed E-state index contributed by atoms with van der Waals surface area (Å²) >= 11 is 0. The van der Waals surface area contributed by atoms with Crippen LogP contribution in [0.3, 0.4) is 0 Å². The second-order valence-electron chi connectivity index (χ2n) is 6.73. The molecule has 0 amide bonds. The van der Waals surface area contributed by atoms with Gasteiger partial charge >= 0.3 is 5.97 Å². The first-order valence-electron chi connectivity index (χ1n) is 7.93. The molecule has 0 aromatic carbocycles. The van der Waals surface area contributed by atoms with E-state index in [-0.39, 0.29) is 6.04 Å². The Morgan fingerprint density at radius 3 is 2.33 bits per heavy atom. The Morgan fingerprint density at radius 1 is 1.29 bits per heavy atom. The van der Waals surface area contributed by atoms with E-state index < -0.39 is 11.5 Å². The summed E-state index contributed by atoms with van der Waals surface area (Å²) < 4.78 is 5.14. The minimum atomic E-state index is -0.848. The highest BCUT2D eigenvalue weighted by atomic mass is 16.5. The predicted octanol–water partition coefficient (Wildman–Crippen LogP) is 2.21.